The van der Waals surface area contributed by atoms with Gasteiger partial charge in [-0.1, -0.05) is 13.8 Å². The molecule has 20 heavy (non-hydrogen) atoms. The Balaban J connectivity index is 2.90. The highest BCUT2D eigenvalue weighted by Crippen LogP contribution is 2.24. The lowest BCUT2D eigenvalue weighted by molar-refractivity contribution is -0.146. The molecule has 0 N–H and O–H groups in total. The van der Waals surface area contributed by atoms with Crippen LogP contribution in [0.4, 0.5) is 0 Å². The Bertz CT molecular complexity index is 405. The van der Waals surface area contributed by atoms with Crippen molar-refractivity contribution in [2.75, 3.05) is 26.2 Å². The molecule has 0 saturated carbocycles. The Morgan fingerprint density at radius 3 is 2.35 bits per heavy atom. The number of rotatable bonds is 8. The van der Waals surface area contributed by atoms with Crippen molar-refractivity contribution in [2.24, 2.45) is 0 Å². The molecule has 0 aromatic heterocycles. The molecule has 1 unspecified atom stereocenters. The average Bonchev–Trinajstić information content (AvgIpc) is 2.88. The Hall–Kier alpha value is -0.660. The molecule has 0 aromatic rings. The third-order valence-corrected chi connectivity index (χ3v) is 5.38. The van der Waals surface area contributed by atoms with Crippen LogP contribution in [0.3, 0.4) is 0 Å². The zero-order valence-corrected chi connectivity index (χ0v) is 13.5. The van der Waals surface area contributed by atoms with Gasteiger partial charge in [0.25, 0.3) is 10.2 Å². The van der Waals surface area contributed by atoms with Gasteiger partial charge in [0, 0.05) is 19.6 Å². The van der Waals surface area contributed by atoms with Gasteiger partial charge < -0.3 is 4.74 Å². The second kappa shape index (κ2) is 7.95. The normalized spacial score (nSPS) is 20.5. The van der Waals surface area contributed by atoms with E-state index in [9.17, 15) is 13.2 Å². The maximum absolute atomic E-state index is 12.7. The summed E-state index contributed by atoms with van der Waals surface area (Å²) in [5.74, 6) is -0.429. The van der Waals surface area contributed by atoms with E-state index >= 15 is 0 Å². The third-order valence-electron chi connectivity index (χ3n) is 3.33. The standard InChI is InChI=1S/C13H26N2O4S/c1-4-9-14(10-5-2)20(17,18)15-11-7-8-12(15)13(16)19-6-3/h12H,4-11H2,1-3H3. The smallest absolute Gasteiger partial charge is 0.324 e. The second-order valence-electron chi connectivity index (χ2n) is 4.93. The number of nitrogens with zero attached hydrogens (tertiary/aromatic N) is 2. The summed E-state index contributed by atoms with van der Waals surface area (Å²) >= 11 is 0. The molecule has 6 nitrogen and oxygen atoms in total. The third kappa shape index (κ3) is 3.93. The number of hydrogen-bond acceptors (Lipinski definition) is 4. The zero-order chi connectivity index (χ0) is 15.2. The van der Waals surface area contributed by atoms with Gasteiger partial charge in [0.05, 0.1) is 6.61 Å². The van der Waals surface area contributed by atoms with Gasteiger partial charge in [0.15, 0.2) is 0 Å². The summed E-state index contributed by atoms with van der Waals surface area (Å²) in [6, 6.07) is -0.656. The predicted molar refractivity (Wildman–Crippen MR) is 77.4 cm³/mol. The van der Waals surface area contributed by atoms with Crippen molar-refractivity contribution in [3.05, 3.63) is 0 Å². The molecule has 0 aromatic carbocycles. The fraction of sp³-hybridized carbons (Fsp3) is 0.923. The molecule has 7 heteroatoms. The second-order valence-corrected chi connectivity index (χ2v) is 6.81. The van der Waals surface area contributed by atoms with E-state index in [0.717, 1.165) is 12.8 Å². The van der Waals surface area contributed by atoms with Crippen LogP contribution in [0.15, 0.2) is 0 Å². The summed E-state index contributed by atoms with van der Waals surface area (Å²) in [5, 5.41) is 0. The SMILES string of the molecule is CCCN(CCC)S(=O)(=O)N1CCCC1C(=O)OCC. The van der Waals surface area contributed by atoms with Crippen molar-refractivity contribution in [1.82, 2.24) is 8.61 Å². The predicted octanol–water partition coefficient (Wildman–Crippen LogP) is 1.38. The highest BCUT2D eigenvalue weighted by atomic mass is 32.2. The maximum Gasteiger partial charge on any atom is 0.324 e. The Labute approximate surface area is 122 Å². The molecule has 1 aliphatic rings. The summed E-state index contributed by atoms with van der Waals surface area (Å²) in [5.41, 5.74) is 0. The minimum absolute atomic E-state index is 0.275. The molecule has 0 amide bonds. The number of carbonyl (C=O) groups excluding carboxylic acids is 1. The lowest BCUT2D eigenvalue weighted by Crippen LogP contribution is -2.49. The summed E-state index contributed by atoms with van der Waals surface area (Å²) in [4.78, 5) is 11.9. The van der Waals surface area contributed by atoms with Crippen LogP contribution in [-0.2, 0) is 19.7 Å². The minimum Gasteiger partial charge on any atom is -0.465 e. The minimum atomic E-state index is -3.57. The lowest BCUT2D eigenvalue weighted by Gasteiger charge is -2.29. The first kappa shape index (κ1) is 17.4. The van der Waals surface area contributed by atoms with Gasteiger partial charge in [-0.15, -0.1) is 0 Å². The molecule has 1 heterocycles. The summed E-state index contributed by atoms with van der Waals surface area (Å²) in [6.07, 6.45) is 2.77. The molecule has 0 spiro atoms. The first-order valence-electron chi connectivity index (χ1n) is 7.42. The first-order valence-corrected chi connectivity index (χ1v) is 8.82. The fourth-order valence-corrected chi connectivity index (χ4v) is 4.48. The van der Waals surface area contributed by atoms with Crippen molar-refractivity contribution in [1.29, 1.82) is 0 Å². The fourth-order valence-electron chi connectivity index (χ4n) is 2.48. The molecule has 0 radical (unpaired) electrons. The van der Waals surface area contributed by atoms with Crippen LogP contribution >= 0.6 is 0 Å². The molecule has 1 rings (SSSR count). The Morgan fingerprint density at radius 2 is 1.85 bits per heavy atom. The van der Waals surface area contributed by atoms with Gasteiger partial charge in [-0.3, -0.25) is 4.79 Å². The van der Waals surface area contributed by atoms with Gasteiger partial charge >= 0.3 is 5.97 Å². The number of hydrogen-bond donors (Lipinski definition) is 0. The van der Waals surface area contributed by atoms with Gasteiger partial charge in [0.1, 0.15) is 6.04 Å². The molecule has 1 aliphatic heterocycles. The quantitative estimate of drug-likeness (QED) is 0.635. The molecular weight excluding hydrogens is 280 g/mol. The van der Waals surface area contributed by atoms with E-state index in [2.05, 4.69) is 0 Å². The number of esters is 1. The van der Waals surface area contributed by atoms with Gasteiger partial charge in [0.2, 0.25) is 0 Å². The van der Waals surface area contributed by atoms with E-state index in [1.54, 1.807) is 6.92 Å². The van der Waals surface area contributed by atoms with E-state index in [1.807, 2.05) is 13.8 Å². The van der Waals surface area contributed by atoms with Crippen LogP contribution in [0, 0.1) is 0 Å². The first-order chi connectivity index (χ1) is 9.48. The van der Waals surface area contributed by atoms with E-state index in [-0.39, 0.29) is 6.61 Å². The molecule has 0 aliphatic carbocycles. The molecule has 1 fully saturated rings. The summed E-state index contributed by atoms with van der Waals surface area (Å²) < 4.78 is 33.1. The van der Waals surface area contributed by atoms with Gasteiger partial charge in [-0.25, -0.2) is 0 Å². The van der Waals surface area contributed by atoms with Crippen LogP contribution in [0.2, 0.25) is 0 Å². The van der Waals surface area contributed by atoms with E-state index < -0.39 is 22.2 Å². The van der Waals surface area contributed by atoms with Crippen molar-refractivity contribution in [3.63, 3.8) is 0 Å². The molecule has 0 bridgehead atoms. The van der Waals surface area contributed by atoms with E-state index in [0.29, 0.717) is 32.5 Å². The highest BCUT2D eigenvalue weighted by Gasteiger charge is 2.41. The van der Waals surface area contributed by atoms with E-state index in [1.165, 1.54) is 8.61 Å². The van der Waals surface area contributed by atoms with E-state index in [4.69, 9.17) is 4.74 Å². The van der Waals surface area contributed by atoms with Crippen molar-refractivity contribution < 1.29 is 17.9 Å². The topological polar surface area (TPSA) is 66.9 Å². The summed E-state index contributed by atoms with van der Waals surface area (Å²) in [6.45, 7) is 7.28. The molecule has 1 atom stereocenters. The number of ether oxygens (including phenoxy) is 1. The molecular formula is C13H26N2O4S. The monoisotopic (exact) mass is 306 g/mol. The molecule has 1 saturated heterocycles. The Morgan fingerprint density at radius 1 is 1.25 bits per heavy atom. The summed E-state index contributed by atoms with van der Waals surface area (Å²) in [7, 11) is -3.57. The van der Waals surface area contributed by atoms with Crippen LogP contribution in [0.5, 0.6) is 0 Å². The largest absolute Gasteiger partial charge is 0.465 e. The van der Waals surface area contributed by atoms with Crippen molar-refractivity contribution in [3.8, 4) is 0 Å². The van der Waals surface area contributed by atoms with Crippen LogP contribution in [0.25, 0.3) is 0 Å². The van der Waals surface area contributed by atoms with Gasteiger partial charge in [-0.2, -0.15) is 17.0 Å². The Kier molecular flexibility index (Phi) is 6.91. The van der Waals surface area contributed by atoms with Crippen LogP contribution in [-0.4, -0.2) is 55.3 Å². The maximum atomic E-state index is 12.7. The number of carbonyl (C=O) groups is 1. The zero-order valence-electron chi connectivity index (χ0n) is 12.7. The van der Waals surface area contributed by atoms with Crippen LogP contribution < -0.4 is 0 Å². The van der Waals surface area contributed by atoms with Crippen LogP contribution in [0.1, 0.15) is 46.5 Å². The average molecular weight is 306 g/mol. The van der Waals surface area contributed by atoms with Crippen molar-refractivity contribution >= 4 is 16.2 Å². The van der Waals surface area contributed by atoms with Crippen molar-refractivity contribution in [2.45, 2.75) is 52.5 Å². The molecule has 118 valence electrons. The lowest BCUT2D eigenvalue weighted by atomic mass is 10.2. The highest BCUT2D eigenvalue weighted by molar-refractivity contribution is 7.86. The van der Waals surface area contributed by atoms with Gasteiger partial charge in [-0.05, 0) is 32.6 Å².